The number of amides is 2. The van der Waals surface area contributed by atoms with E-state index in [2.05, 4.69) is 31.6 Å². The van der Waals surface area contributed by atoms with Crippen molar-refractivity contribution in [1.29, 1.82) is 0 Å². The van der Waals surface area contributed by atoms with Crippen molar-refractivity contribution in [2.75, 3.05) is 29.9 Å². The van der Waals surface area contributed by atoms with Gasteiger partial charge in [0.2, 0.25) is 0 Å². The predicted octanol–water partition coefficient (Wildman–Crippen LogP) is 5.70. The molecule has 1 aliphatic rings. The zero-order chi connectivity index (χ0) is 26.0. The summed E-state index contributed by atoms with van der Waals surface area (Å²) < 4.78 is 0.935. The van der Waals surface area contributed by atoms with Gasteiger partial charge in [0, 0.05) is 42.3 Å². The van der Waals surface area contributed by atoms with Crippen LogP contribution < -0.4 is 15.5 Å². The number of pyridine rings is 1. The Morgan fingerprint density at radius 3 is 2.62 bits per heavy atom. The van der Waals surface area contributed by atoms with Crippen LogP contribution in [0.15, 0.2) is 41.9 Å². The molecule has 37 heavy (non-hydrogen) atoms. The third-order valence-corrected chi connectivity index (χ3v) is 8.82. The Bertz CT molecular complexity index is 1430. The minimum Gasteiger partial charge on any atom is -0.481 e. The third-order valence-electron chi connectivity index (χ3n) is 6.90. The highest BCUT2D eigenvalue weighted by molar-refractivity contribution is 7.22. The van der Waals surface area contributed by atoms with Crippen LogP contribution in [-0.2, 0) is 4.79 Å². The average molecular weight is 537 g/mol. The summed E-state index contributed by atoms with van der Waals surface area (Å²) >= 11 is 2.97. The summed E-state index contributed by atoms with van der Waals surface area (Å²) in [5, 5.41) is 18.7. The summed E-state index contributed by atoms with van der Waals surface area (Å²) in [6.45, 7) is 5.69. The van der Waals surface area contributed by atoms with Crippen molar-refractivity contribution in [1.82, 2.24) is 20.3 Å². The Morgan fingerprint density at radius 1 is 1.14 bits per heavy atom. The van der Waals surface area contributed by atoms with Crippen molar-refractivity contribution in [3.63, 3.8) is 0 Å². The third kappa shape index (κ3) is 5.01. The number of benzene rings is 1. The summed E-state index contributed by atoms with van der Waals surface area (Å²) in [5.41, 5.74) is 3.61. The van der Waals surface area contributed by atoms with Crippen LogP contribution in [0.25, 0.3) is 32.7 Å². The van der Waals surface area contributed by atoms with Crippen molar-refractivity contribution < 1.29 is 14.7 Å². The van der Waals surface area contributed by atoms with E-state index < -0.39 is 11.4 Å². The van der Waals surface area contributed by atoms with E-state index in [4.69, 9.17) is 4.98 Å². The Hall–Kier alpha value is -3.57. The van der Waals surface area contributed by atoms with Crippen LogP contribution in [0.1, 0.15) is 33.1 Å². The van der Waals surface area contributed by atoms with Crippen LogP contribution in [0, 0.1) is 5.41 Å². The molecule has 11 heteroatoms. The van der Waals surface area contributed by atoms with Crippen LogP contribution in [0.4, 0.5) is 15.1 Å². The summed E-state index contributed by atoms with van der Waals surface area (Å²) in [7, 11) is 0. The fraction of sp³-hybridized carbons (Fsp3) is 0.346. The topological polar surface area (TPSA) is 120 Å². The molecule has 192 valence electrons. The fourth-order valence-corrected chi connectivity index (χ4v) is 6.49. The predicted molar refractivity (Wildman–Crippen MR) is 148 cm³/mol. The van der Waals surface area contributed by atoms with Gasteiger partial charge in [0.05, 0.1) is 27.0 Å². The number of carboxylic acid groups (broad SMARTS) is 1. The molecular weight excluding hydrogens is 508 g/mol. The van der Waals surface area contributed by atoms with Gasteiger partial charge in [0.25, 0.3) is 0 Å². The number of carbonyl (C=O) groups excluding carboxylic acids is 1. The number of nitrogens with one attached hydrogen (secondary N) is 2. The van der Waals surface area contributed by atoms with Crippen molar-refractivity contribution in [2.45, 2.75) is 33.1 Å². The molecule has 4 heterocycles. The number of hydrogen-bond acceptors (Lipinski definition) is 8. The van der Waals surface area contributed by atoms with Gasteiger partial charge in [0.15, 0.2) is 10.3 Å². The minimum absolute atomic E-state index is 0.290. The highest BCUT2D eigenvalue weighted by Crippen LogP contribution is 2.41. The first-order chi connectivity index (χ1) is 17.9. The van der Waals surface area contributed by atoms with Crippen molar-refractivity contribution in [3.05, 3.63) is 41.9 Å². The second-order valence-corrected chi connectivity index (χ2v) is 10.9. The molecule has 0 radical (unpaired) electrons. The molecule has 1 aliphatic heterocycles. The highest BCUT2D eigenvalue weighted by atomic mass is 32.1. The molecule has 0 unspecified atom stereocenters. The number of nitrogens with zero attached hydrogens (tertiary/aromatic N) is 4. The van der Waals surface area contributed by atoms with Gasteiger partial charge in [0.1, 0.15) is 0 Å². The van der Waals surface area contributed by atoms with Gasteiger partial charge in [-0.15, -0.1) is 11.3 Å². The number of carbonyl (C=O) groups is 2. The van der Waals surface area contributed by atoms with Crippen molar-refractivity contribution >= 4 is 55.2 Å². The first-order valence-corrected chi connectivity index (χ1v) is 14.0. The lowest BCUT2D eigenvalue weighted by Gasteiger charge is -2.38. The van der Waals surface area contributed by atoms with E-state index in [1.165, 1.54) is 11.3 Å². The van der Waals surface area contributed by atoms with E-state index in [1.807, 2.05) is 43.5 Å². The molecule has 0 spiro atoms. The summed E-state index contributed by atoms with van der Waals surface area (Å²) in [4.78, 5) is 40.2. The van der Waals surface area contributed by atoms with E-state index in [1.54, 1.807) is 17.5 Å². The molecule has 1 fully saturated rings. The number of aromatic nitrogens is 3. The van der Waals surface area contributed by atoms with Gasteiger partial charge < -0.3 is 15.3 Å². The van der Waals surface area contributed by atoms with Gasteiger partial charge in [-0.2, -0.15) is 0 Å². The lowest BCUT2D eigenvalue weighted by molar-refractivity contribution is -0.150. The largest absolute Gasteiger partial charge is 0.481 e. The second kappa shape index (κ2) is 10.4. The molecule has 0 saturated carbocycles. The van der Waals surface area contributed by atoms with Crippen LogP contribution in [-0.4, -0.2) is 51.7 Å². The number of aliphatic carboxylic acids is 1. The number of piperidine rings is 1. The molecule has 4 aromatic rings. The van der Waals surface area contributed by atoms with Crippen LogP contribution in [0.3, 0.4) is 0 Å². The number of carboxylic acids is 1. The van der Waals surface area contributed by atoms with E-state index in [-0.39, 0.29) is 6.03 Å². The molecule has 0 atom stereocenters. The Morgan fingerprint density at radius 2 is 1.95 bits per heavy atom. The first kappa shape index (κ1) is 25.1. The maximum atomic E-state index is 12.1. The molecule has 2 amide bonds. The van der Waals surface area contributed by atoms with Gasteiger partial charge >= 0.3 is 12.0 Å². The lowest BCUT2D eigenvalue weighted by Crippen LogP contribution is -2.44. The number of hydrogen-bond donors (Lipinski definition) is 3. The second-order valence-electron chi connectivity index (χ2n) is 9.03. The normalized spacial score (nSPS) is 15.0. The molecule has 0 bridgehead atoms. The van der Waals surface area contributed by atoms with E-state index in [9.17, 15) is 14.7 Å². The molecular formula is C26H28N6O3S2. The van der Waals surface area contributed by atoms with Gasteiger partial charge in [-0.1, -0.05) is 24.3 Å². The standard InChI is InChI=1S/C26H28N6O3S2/c1-3-26(22(33)34)8-11-32(12-9-26)25-30-20(15-36-25)16-13-17(18-7-5-6-10-28-18)21-19(14-16)29-24(37-21)31-23(35)27-4-2/h5-7,10,13-15H,3-4,8-9,11-12H2,1-2H3,(H,33,34)(H2,27,29,31,35). The van der Waals surface area contributed by atoms with Gasteiger partial charge in [-0.25, -0.2) is 14.8 Å². The number of rotatable bonds is 7. The molecule has 1 aromatic carbocycles. The molecule has 9 nitrogen and oxygen atoms in total. The maximum Gasteiger partial charge on any atom is 0.321 e. The lowest BCUT2D eigenvalue weighted by atomic mass is 9.76. The quantitative estimate of drug-likeness (QED) is 0.277. The molecule has 5 rings (SSSR count). The Balaban J connectivity index is 1.47. The first-order valence-electron chi connectivity index (χ1n) is 12.3. The van der Waals surface area contributed by atoms with E-state index >= 15 is 0 Å². The van der Waals surface area contributed by atoms with Crippen LogP contribution >= 0.6 is 22.7 Å². The molecule has 1 saturated heterocycles. The number of anilines is 2. The van der Waals surface area contributed by atoms with E-state index in [0.29, 0.717) is 44.0 Å². The number of urea groups is 1. The average Bonchev–Trinajstić information content (AvgIpc) is 3.56. The highest BCUT2D eigenvalue weighted by Gasteiger charge is 2.40. The van der Waals surface area contributed by atoms with Crippen molar-refractivity contribution in [2.24, 2.45) is 5.41 Å². The summed E-state index contributed by atoms with van der Waals surface area (Å²) in [5.74, 6) is -0.700. The van der Waals surface area contributed by atoms with Crippen LogP contribution in [0.2, 0.25) is 0 Å². The summed E-state index contributed by atoms with van der Waals surface area (Å²) in [6, 6.07) is 9.55. The monoisotopic (exact) mass is 536 g/mol. The maximum absolute atomic E-state index is 12.1. The minimum atomic E-state index is -0.700. The molecule has 0 aliphatic carbocycles. The molecule has 3 aromatic heterocycles. The number of fused-ring (bicyclic) bond motifs is 1. The van der Waals surface area contributed by atoms with Gasteiger partial charge in [-0.05, 0) is 50.5 Å². The number of thiazole rings is 2. The molecule has 3 N–H and O–H groups in total. The zero-order valence-electron chi connectivity index (χ0n) is 20.7. The SMILES string of the molecule is CCNC(=O)Nc1nc2cc(-c3csc(N4CCC(CC)(C(=O)O)CC4)n3)cc(-c3ccccn3)c2s1. The van der Waals surface area contributed by atoms with Crippen LogP contribution in [0.5, 0.6) is 0 Å². The van der Waals surface area contributed by atoms with Gasteiger partial charge in [-0.3, -0.25) is 15.1 Å². The van der Waals surface area contributed by atoms with E-state index in [0.717, 1.165) is 37.9 Å². The summed E-state index contributed by atoms with van der Waals surface area (Å²) in [6.07, 6.45) is 3.63. The Labute approximate surface area is 222 Å². The smallest absolute Gasteiger partial charge is 0.321 e. The van der Waals surface area contributed by atoms with Crippen molar-refractivity contribution in [3.8, 4) is 22.5 Å². The Kier molecular flexibility index (Phi) is 7.07. The zero-order valence-corrected chi connectivity index (χ0v) is 22.3. The fourth-order valence-electron chi connectivity index (χ4n) is 4.64.